The summed E-state index contributed by atoms with van der Waals surface area (Å²) in [5, 5.41) is 0. The number of rotatable bonds is 3. The third kappa shape index (κ3) is 2.88. The molecule has 110 valence electrons. The zero-order valence-electron chi connectivity index (χ0n) is 12.9. The van der Waals surface area contributed by atoms with Crippen LogP contribution >= 0.6 is 0 Å². The third-order valence-electron chi connectivity index (χ3n) is 5.04. The molecule has 1 aliphatic carbocycles. The molecule has 0 aromatic heterocycles. The average molecular weight is 267 g/mol. The molecule has 4 nitrogen and oxygen atoms in total. The highest BCUT2D eigenvalue weighted by atomic mass is 16.5. The summed E-state index contributed by atoms with van der Waals surface area (Å²) in [7, 11) is 1.74. The van der Waals surface area contributed by atoms with Crippen LogP contribution in [0.5, 0.6) is 0 Å². The topological polar surface area (TPSA) is 50.9 Å². The Balaban J connectivity index is 2.01. The summed E-state index contributed by atoms with van der Waals surface area (Å²) in [5.74, 6) is 1.54. The quantitative estimate of drug-likeness (QED) is 0.853. The van der Waals surface area contributed by atoms with Gasteiger partial charge < -0.3 is 15.4 Å². The number of hydrogen-bond acceptors (Lipinski definition) is 4. The van der Waals surface area contributed by atoms with Crippen LogP contribution in [-0.4, -0.2) is 43.2 Å². The lowest BCUT2D eigenvalue weighted by molar-refractivity contribution is 0.0594. The zero-order chi connectivity index (χ0) is 14.1. The summed E-state index contributed by atoms with van der Waals surface area (Å²) < 4.78 is 5.21. The molecule has 1 aliphatic heterocycles. The summed E-state index contributed by atoms with van der Waals surface area (Å²) in [6.45, 7) is 9.54. The Morgan fingerprint density at radius 1 is 1.37 bits per heavy atom. The Morgan fingerprint density at radius 3 is 2.53 bits per heavy atom. The number of aliphatic imine (C=N–C) groups is 1. The van der Waals surface area contributed by atoms with Gasteiger partial charge in [-0.3, -0.25) is 4.99 Å². The van der Waals surface area contributed by atoms with Crippen LogP contribution in [0.2, 0.25) is 0 Å². The van der Waals surface area contributed by atoms with Crippen LogP contribution in [0.3, 0.4) is 0 Å². The lowest BCUT2D eigenvalue weighted by atomic mass is 9.67. The molecule has 19 heavy (non-hydrogen) atoms. The summed E-state index contributed by atoms with van der Waals surface area (Å²) in [6.07, 6.45) is 5.00. The van der Waals surface area contributed by atoms with Crippen molar-refractivity contribution in [2.45, 2.75) is 52.0 Å². The maximum atomic E-state index is 6.07. The van der Waals surface area contributed by atoms with Crippen LogP contribution in [0.25, 0.3) is 0 Å². The van der Waals surface area contributed by atoms with E-state index in [0.717, 1.165) is 25.6 Å². The van der Waals surface area contributed by atoms with Gasteiger partial charge in [-0.2, -0.15) is 0 Å². The first-order valence-corrected chi connectivity index (χ1v) is 7.45. The van der Waals surface area contributed by atoms with Crippen molar-refractivity contribution in [1.29, 1.82) is 0 Å². The fourth-order valence-electron chi connectivity index (χ4n) is 3.63. The molecule has 1 saturated carbocycles. The number of ether oxygens (including phenoxy) is 1. The third-order valence-corrected chi connectivity index (χ3v) is 5.04. The van der Waals surface area contributed by atoms with Gasteiger partial charge >= 0.3 is 0 Å². The first-order valence-electron chi connectivity index (χ1n) is 7.45. The lowest BCUT2D eigenvalue weighted by Crippen LogP contribution is -2.55. The summed E-state index contributed by atoms with van der Waals surface area (Å²) in [5.41, 5.74) is 6.67. The second-order valence-corrected chi connectivity index (χ2v) is 7.18. The minimum Gasteiger partial charge on any atom is -0.383 e. The molecule has 0 saturated heterocycles. The molecular formula is C15H29N3O. The molecule has 2 N–H and O–H groups in total. The molecule has 1 fully saturated rings. The van der Waals surface area contributed by atoms with E-state index < -0.39 is 0 Å². The van der Waals surface area contributed by atoms with Gasteiger partial charge in [0, 0.05) is 13.7 Å². The monoisotopic (exact) mass is 267 g/mol. The molecule has 0 atom stereocenters. The second kappa shape index (κ2) is 5.31. The van der Waals surface area contributed by atoms with E-state index in [2.05, 4.69) is 30.7 Å². The van der Waals surface area contributed by atoms with E-state index in [1.54, 1.807) is 7.11 Å². The van der Waals surface area contributed by atoms with E-state index >= 15 is 0 Å². The molecule has 0 unspecified atom stereocenters. The van der Waals surface area contributed by atoms with Gasteiger partial charge in [0.2, 0.25) is 0 Å². The lowest BCUT2D eigenvalue weighted by Gasteiger charge is -2.46. The summed E-state index contributed by atoms with van der Waals surface area (Å²) in [4.78, 5) is 6.80. The molecule has 1 heterocycles. The van der Waals surface area contributed by atoms with Crippen molar-refractivity contribution >= 4 is 5.96 Å². The van der Waals surface area contributed by atoms with E-state index in [-0.39, 0.29) is 5.54 Å². The highest BCUT2D eigenvalue weighted by Gasteiger charge is 2.45. The van der Waals surface area contributed by atoms with Crippen LogP contribution in [0, 0.1) is 11.3 Å². The molecule has 0 aromatic rings. The van der Waals surface area contributed by atoms with E-state index in [9.17, 15) is 0 Å². The van der Waals surface area contributed by atoms with Gasteiger partial charge in [0.1, 0.15) is 0 Å². The molecular weight excluding hydrogens is 238 g/mol. The maximum Gasteiger partial charge on any atom is 0.191 e. The molecule has 4 heteroatoms. The van der Waals surface area contributed by atoms with Crippen LogP contribution in [0.4, 0.5) is 0 Å². The van der Waals surface area contributed by atoms with Crippen LogP contribution in [-0.2, 0) is 4.74 Å². The zero-order valence-corrected chi connectivity index (χ0v) is 12.9. The highest BCUT2D eigenvalue weighted by molar-refractivity contribution is 5.81. The Labute approximate surface area is 117 Å². The second-order valence-electron chi connectivity index (χ2n) is 7.18. The van der Waals surface area contributed by atoms with Crippen LogP contribution in [0.15, 0.2) is 4.99 Å². The molecule has 2 aliphatic rings. The van der Waals surface area contributed by atoms with E-state index in [1.165, 1.54) is 25.7 Å². The SMILES string of the molecule is COCCN1C(N)=NCC12CCC(C(C)(C)C)CC2. The predicted octanol–water partition coefficient (Wildman–Crippen LogP) is 2.24. The Morgan fingerprint density at radius 2 is 2.00 bits per heavy atom. The van der Waals surface area contributed by atoms with Gasteiger partial charge in [0.15, 0.2) is 5.96 Å². The van der Waals surface area contributed by atoms with Crippen LogP contribution in [0.1, 0.15) is 46.5 Å². The molecule has 0 bridgehead atoms. The van der Waals surface area contributed by atoms with Crippen molar-refractivity contribution in [2.75, 3.05) is 26.8 Å². The van der Waals surface area contributed by atoms with E-state index in [4.69, 9.17) is 10.5 Å². The minimum atomic E-state index is 0.185. The van der Waals surface area contributed by atoms with Gasteiger partial charge in [0.05, 0.1) is 18.7 Å². The molecule has 0 aromatic carbocycles. The number of nitrogens with zero attached hydrogens (tertiary/aromatic N) is 2. The molecule has 1 spiro atoms. The van der Waals surface area contributed by atoms with Gasteiger partial charge in [0.25, 0.3) is 0 Å². The largest absolute Gasteiger partial charge is 0.383 e. The normalized spacial score (nSPS) is 31.9. The minimum absolute atomic E-state index is 0.185. The number of methoxy groups -OCH3 is 1. The van der Waals surface area contributed by atoms with Gasteiger partial charge in [-0.05, 0) is 37.0 Å². The Hall–Kier alpha value is -0.770. The van der Waals surface area contributed by atoms with Crippen molar-refractivity contribution in [3.8, 4) is 0 Å². The standard InChI is InChI=1S/C15H29N3O/c1-14(2,3)12-5-7-15(8-6-12)11-17-13(16)18(15)9-10-19-4/h12H,5-11H2,1-4H3,(H2,16,17). The fraction of sp³-hybridized carbons (Fsp3) is 0.933. The van der Waals surface area contributed by atoms with Crippen molar-refractivity contribution < 1.29 is 4.74 Å². The van der Waals surface area contributed by atoms with Crippen molar-refractivity contribution in [1.82, 2.24) is 4.90 Å². The summed E-state index contributed by atoms with van der Waals surface area (Å²) >= 11 is 0. The Bertz CT molecular complexity index is 338. The average Bonchev–Trinajstić information content (AvgIpc) is 2.64. The molecule has 0 amide bonds. The Kier molecular flexibility index (Phi) is 4.09. The predicted molar refractivity (Wildman–Crippen MR) is 79.2 cm³/mol. The summed E-state index contributed by atoms with van der Waals surface area (Å²) in [6, 6.07) is 0. The maximum absolute atomic E-state index is 6.07. The van der Waals surface area contributed by atoms with Gasteiger partial charge in [-0.15, -0.1) is 0 Å². The van der Waals surface area contributed by atoms with Crippen molar-refractivity contribution in [2.24, 2.45) is 22.1 Å². The number of guanidine groups is 1. The first-order chi connectivity index (χ1) is 8.89. The first kappa shape index (κ1) is 14.6. The number of nitrogens with two attached hydrogens (primary N) is 1. The van der Waals surface area contributed by atoms with E-state index in [0.29, 0.717) is 11.4 Å². The van der Waals surface area contributed by atoms with Gasteiger partial charge in [-0.25, -0.2) is 0 Å². The number of hydrogen-bond donors (Lipinski definition) is 1. The fourth-order valence-corrected chi connectivity index (χ4v) is 3.63. The van der Waals surface area contributed by atoms with Crippen molar-refractivity contribution in [3.05, 3.63) is 0 Å². The van der Waals surface area contributed by atoms with Crippen LogP contribution < -0.4 is 5.73 Å². The molecule has 2 rings (SSSR count). The smallest absolute Gasteiger partial charge is 0.191 e. The van der Waals surface area contributed by atoms with E-state index in [1.807, 2.05) is 0 Å². The van der Waals surface area contributed by atoms with Crippen molar-refractivity contribution in [3.63, 3.8) is 0 Å². The molecule has 0 radical (unpaired) electrons. The van der Waals surface area contributed by atoms with Gasteiger partial charge in [-0.1, -0.05) is 20.8 Å². The highest BCUT2D eigenvalue weighted by Crippen LogP contribution is 2.45.